The molecular formula is C11H12Cl2F2N2O2. The Labute approximate surface area is 118 Å². The quantitative estimate of drug-likeness (QED) is 0.627. The summed E-state index contributed by atoms with van der Waals surface area (Å²) in [7, 11) is 0. The first-order valence-corrected chi connectivity index (χ1v) is 6.06. The summed E-state index contributed by atoms with van der Waals surface area (Å²) in [6, 6.07) is 2.80. The van der Waals surface area contributed by atoms with E-state index < -0.39 is 18.9 Å². The van der Waals surface area contributed by atoms with Crippen LogP contribution in [0, 0.1) is 0 Å². The number of nitrogen functional groups attached to an aromatic ring is 1. The predicted octanol–water partition coefficient (Wildman–Crippen LogP) is 2.59. The average molecular weight is 313 g/mol. The van der Waals surface area contributed by atoms with Crippen LogP contribution in [0.15, 0.2) is 12.1 Å². The number of nitrogens with one attached hydrogen (secondary N) is 1. The number of carbonyl (C=O) groups is 1. The van der Waals surface area contributed by atoms with Crippen LogP contribution in [0.5, 0.6) is 0 Å². The van der Waals surface area contributed by atoms with Crippen LogP contribution in [-0.2, 0) is 4.74 Å². The number of benzene rings is 1. The minimum Gasteiger partial charge on any atom is -0.399 e. The number of amides is 1. The predicted molar refractivity (Wildman–Crippen MR) is 70.0 cm³/mol. The second-order valence-electron chi connectivity index (χ2n) is 3.59. The Morgan fingerprint density at radius 3 is 2.74 bits per heavy atom. The van der Waals surface area contributed by atoms with E-state index in [2.05, 4.69) is 10.1 Å². The highest BCUT2D eigenvalue weighted by molar-refractivity contribution is 6.44. The molecule has 0 atom stereocenters. The Hall–Kier alpha value is -1.11. The molecule has 1 aromatic carbocycles. The van der Waals surface area contributed by atoms with Crippen LogP contribution < -0.4 is 11.1 Å². The second kappa shape index (κ2) is 7.47. The fraction of sp³-hybridized carbons (Fsp3) is 0.364. The molecule has 0 spiro atoms. The molecule has 1 aromatic rings. The van der Waals surface area contributed by atoms with Gasteiger partial charge in [0.15, 0.2) is 0 Å². The smallest absolute Gasteiger partial charge is 0.261 e. The normalized spacial score (nSPS) is 10.8. The summed E-state index contributed by atoms with van der Waals surface area (Å²) < 4.78 is 28.1. The van der Waals surface area contributed by atoms with Gasteiger partial charge in [-0.1, -0.05) is 23.2 Å². The van der Waals surface area contributed by atoms with Gasteiger partial charge < -0.3 is 15.8 Å². The zero-order chi connectivity index (χ0) is 14.4. The Morgan fingerprint density at radius 1 is 1.42 bits per heavy atom. The molecule has 3 N–H and O–H groups in total. The maximum Gasteiger partial charge on any atom is 0.261 e. The van der Waals surface area contributed by atoms with E-state index in [0.29, 0.717) is 5.69 Å². The summed E-state index contributed by atoms with van der Waals surface area (Å²) in [5.74, 6) is -0.500. The van der Waals surface area contributed by atoms with Crippen molar-refractivity contribution in [2.75, 3.05) is 25.5 Å². The monoisotopic (exact) mass is 312 g/mol. The number of carbonyl (C=O) groups excluding carboxylic acids is 1. The lowest BCUT2D eigenvalue weighted by atomic mass is 10.2. The average Bonchev–Trinajstić information content (AvgIpc) is 2.32. The van der Waals surface area contributed by atoms with Crippen molar-refractivity contribution >= 4 is 34.8 Å². The molecule has 1 amide bonds. The molecule has 0 aliphatic heterocycles. The number of hydrogen-bond donors (Lipinski definition) is 2. The SMILES string of the molecule is Nc1cc(Cl)c(Cl)c(C(=O)NCCOCC(F)F)c1. The van der Waals surface area contributed by atoms with E-state index in [4.69, 9.17) is 28.9 Å². The molecule has 0 saturated heterocycles. The van der Waals surface area contributed by atoms with Crippen molar-refractivity contribution in [1.82, 2.24) is 5.32 Å². The van der Waals surface area contributed by atoms with Gasteiger partial charge in [0.05, 0.1) is 22.2 Å². The molecule has 0 aliphatic rings. The zero-order valence-electron chi connectivity index (χ0n) is 9.76. The lowest BCUT2D eigenvalue weighted by Crippen LogP contribution is -2.28. The molecule has 0 radical (unpaired) electrons. The maximum absolute atomic E-state index is 11.8. The molecule has 0 aromatic heterocycles. The van der Waals surface area contributed by atoms with Crippen LogP contribution in [-0.4, -0.2) is 32.1 Å². The number of rotatable bonds is 6. The van der Waals surface area contributed by atoms with Gasteiger partial charge in [-0.15, -0.1) is 0 Å². The van der Waals surface area contributed by atoms with Gasteiger partial charge in [0.1, 0.15) is 6.61 Å². The summed E-state index contributed by atoms with van der Waals surface area (Å²) in [5, 5.41) is 2.71. The highest BCUT2D eigenvalue weighted by Gasteiger charge is 2.13. The van der Waals surface area contributed by atoms with E-state index in [-0.39, 0.29) is 28.8 Å². The Kier molecular flexibility index (Phi) is 6.27. The third-order valence-corrected chi connectivity index (χ3v) is 2.87. The molecule has 1 rings (SSSR count). The molecular weight excluding hydrogens is 301 g/mol. The van der Waals surface area contributed by atoms with Crippen LogP contribution in [0.3, 0.4) is 0 Å². The van der Waals surface area contributed by atoms with E-state index in [9.17, 15) is 13.6 Å². The van der Waals surface area contributed by atoms with Crippen molar-refractivity contribution in [2.24, 2.45) is 0 Å². The van der Waals surface area contributed by atoms with Crippen LogP contribution in [0.1, 0.15) is 10.4 Å². The summed E-state index contributed by atoms with van der Waals surface area (Å²) in [4.78, 5) is 11.8. The maximum atomic E-state index is 11.8. The third kappa shape index (κ3) is 5.18. The van der Waals surface area contributed by atoms with Gasteiger partial charge in [0.25, 0.3) is 12.3 Å². The largest absolute Gasteiger partial charge is 0.399 e. The highest BCUT2D eigenvalue weighted by atomic mass is 35.5. The number of hydrogen-bond acceptors (Lipinski definition) is 3. The molecule has 4 nitrogen and oxygen atoms in total. The van der Waals surface area contributed by atoms with E-state index in [1.807, 2.05) is 0 Å². The molecule has 0 bridgehead atoms. The molecule has 0 aliphatic carbocycles. The summed E-state index contributed by atoms with van der Waals surface area (Å²) in [6.45, 7) is -0.612. The standard InChI is InChI=1S/C11H12Cl2F2N2O2/c12-8-4-6(16)3-7(10(8)13)11(18)17-1-2-19-5-9(14)15/h3-4,9H,1-2,5,16H2,(H,17,18). The number of anilines is 1. The number of halogens is 4. The fourth-order valence-electron chi connectivity index (χ4n) is 1.28. The van der Waals surface area contributed by atoms with Crippen molar-refractivity contribution in [2.45, 2.75) is 6.43 Å². The van der Waals surface area contributed by atoms with Gasteiger partial charge >= 0.3 is 0 Å². The van der Waals surface area contributed by atoms with Crippen molar-refractivity contribution in [3.63, 3.8) is 0 Å². The minimum absolute atomic E-state index is 0.0241. The van der Waals surface area contributed by atoms with Gasteiger partial charge in [-0.3, -0.25) is 4.79 Å². The van der Waals surface area contributed by atoms with Crippen LogP contribution >= 0.6 is 23.2 Å². The molecule has 106 valence electrons. The fourth-order valence-corrected chi connectivity index (χ4v) is 1.70. The minimum atomic E-state index is -2.53. The first-order chi connectivity index (χ1) is 8.91. The van der Waals surface area contributed by atoms with E-state index in [1.54, 1.807) is 0 Å². The molecule has 0 fully saturated rings. The molecule has 0 heterocycles. The Balaban J connectivity index is 2.50. The van der Waals surface area contributed by atoms with Gasteiger partial charge in [-0.05, 0) is 12.1 Å². The van der Waals surface area contributed by atoms with Crippen molar-refractivity contribution < 1.29 is 18.3 Å². The third-order valence-electron chi connectivity index (χ3n) is 2.07. The highest BCUT2D eigenvalue weighted by Crippen LogP contribution is 2.28. The topological polar surface area (TPSA) is 64.4 Å². The molecule has 8 heteroatoms. The lowest BCUT2D eigenvalue weighted by molar-refractivity contribution is 0.0188. The van der Waals surface area contributed by atoms with Crippen molar-refractivity contribution in [3.8, 4) is 0 Å². The summed E-state index contributed by atoms with van der Waals surface area (Å²) in [6.07, 6.45) is -2.53. The van der Waals surface area contributed by atoms with Gasteiger partial charge in [0, 0.05) is 12.2 Å². The molecule has 19 heavy (non-hydrogen) atoms. The lowest BCUT2D eigenvalue weighted by Gasteiger charge is -2.09. The number of ether oxygens (including phenoxy) is 1. The van der Waals surface area contributed by atoms with Crippen molar-refractivity contribution in [1.29, 1.82) is 0 Å². The van der Waals surface area contributed by atoms with Crippen molar-refractivity contribution in [3.05, 3.63) is 27.7 Å². The van der Waals surface area contributed by atoms with Gasteiger partial charge in [-0.2, -0.15) is 0 Å². The summed E-state index contributed by atoms with van der Waals surface area (Å²) >= 11 is 11.6. The van der Waals surface area contributed by atoms with E-state index >= 15 is 0 Å². The van der Waals surface area contributed by atoms with Crippen LogP contribution in [0.2, 0.25) is 10.0 Å². The summed E-state index contributed by atoms with van der Waals surface area (Å²) in [5.41, 5.74) is 5.97. The van der Waals surface area contributed by atoms with Crippen LogP contribution in [0.4, 0.5) is 14.5 Å². The Morgan fingerprint density at radius 2 is 2.11 bits per heavy atom. The molecule has 0 unspecified atom stereocenters. The van der Waals surface area contributed by atoms with Gasteiger partial charge in [0.2, 0.25) is 0 Å². The van der Waals surface area contributed by atoms with Crippen LogP contribution in [0.25, 0.3) is 0 Å². The van der Waals surface area contributed by atoms with E-state index in [1.165, 1.54) is 12.1 Å². The van der Waals surface area contributed by atoms with E-state index in [0.717, 1.165) is 0 Å². The first-order valence-electron chi connectivity index (χ1n) is 5.30. The Bertz CT molecular complexity index is 459. The zero-order valence-corrected chi connectivity index (χ0v) is 11.3. The van der Waals surface area contributed by atoms with Gasteiger partial charge in [-0.25, -0.2) is 8.78 Å². The molecule has 0 saturated carbocycles. The second-order valence-corrected chi connectivity index (χ2v) is 4.37. The first kappa shape index (κ1) is 15.9. The number of alkyl halides is 2. The number of nitrogens with two attached hydrogens (primary N) is 1.